The van der Waals surface area contributed by atoms with Crippen LogP contribution in [-0.2, 0) is 25.5 Å². The van der Waals surface area contributed by atoms with Crippen LogP contribution in [0.1, 0.15) is 49.2 Å². The Morgan fingerprint density at radius 1 is 0.981 bits per heavy atom. The van der Waals surface area contributed by atoms with Crippen molar-refractivity contribution in [2.24, 2.45) is 11.8 Å². The van der Waals surface area contributed by atoms with Crippen molar-refractivity contribution < 1.29 is 33.1 Å². The molecule has 6 rings (SSSR count). The molecule has 2 aromatic heterocycles. The van der Waals surface area contributed by atoms with Crippen LogP contribution >= 0.6 is 0 Å². The third kappa shape index (κ3) is 9.83. The van der Waals surface area contributed by atoms with E-state index in [9.17, 15) is 19.2 Å². The first-order valence-corrected chi connectivity index (χ1v) is 18.1. The summed E-state index contributed by atoms with van der Waals surface area (Å²) < 4.78 is 17.2. The van der Waals surface area contributed by atoms with E-state index < -0.39 is 23.9 Å². The Hall–Kier alpha value is -5.07. The Labute approximate surface area is 303 Å². The minimum absolute atomic E-state index is 0.105. The molecule has 2 fully saturated rings. The quantitative estimate of drug-likeness (QED) is 0.152. The molecule has 0 saturated carbocycles. The van der Waals surface area contributed by atoms with Gasteiger partial charge in [-0.1, -0.05) is 38.1 Å². The predicted molar refractivity (Wildman–Crippen MR) is 196 cm³/mol. The summed E-state index contributed by atoms with van der Waals surface area (Å²) >= 11 is 0. The number of amides is 3. The highest BCUT2D eigenvalue weighted by molar-refractivity contribution is 6.04. The molecule has 0 spiro atoms. The number of rotatable bonds is 13. The van der Waals surface area contributed by atoms with Gasteiger partial charge in [0.2, 0.25) is 11.8 Å². The number of pyridine rings is 1. The van der Waals surface area contributed by atoms with Gasteiger partial charge in [-0.15, -0.1) is 0 Å². The van der Waals surface area contributed by atoms with Crippen molar-refractivity contribution in [2.75, 3.05) is 52.5 Å². The molecular weight excluding hydrogens is 662 g/mol. The maximum absolute atomic E-state index is 13.5. The summed E-state index contributed by atoms with van der Waals surface area (Å²) in [7, 11) is 0. The number of likely N-dealkylation sites (tertiary alicyclic amines) is 1. The molecule has 4 aromatic rings. The van der Waals surface area contributed by atoms with Crippen molar-refractivity contribution in [1.82, 2.24) is 25.4 Å². The average Bonchev–Trinajstić information content (AvgIpc) is 3.47. The number of ketones is 1. The molecule has 0 aliphatic carbocycles. The number of Topliss-reactive ketones (excluding diaryl/α,β-unsaturated/α-hetero) is 1. The van der Waals surface area contributed by atoms with E-state index in [0.717, 1.165) is 55.1 Å². The SMILES string of the molecule is CC(C)C[C@H](NC(=O)c1cc2cc(OCCN3CCOCC3)ccc2o1)NC(=O)[C@@H]1CCCN(C(=O)Cc2cccc(-c3ccccn3)c2)CC1=O. The van der Waals surface area contributed by atoms with Gasteiger partial charge in [-0.05, 0) is 73.2 Å². The molecule has 12 heteroatoms. The van der Waals surface area contributed by atoms with Gasteiger partial charge >= 0.3 is 0 Å². The van der Waals surface area contributed by atoms with Gasteiger partial charge in [0, 0.05) is 43.3 Å². The van der Waals surface area contributed by atoms with Gasteiger partial charge in [0.15, 0.2) is 11.5 Å². The fraction of sp³-hybridized carbons (Fsp3) is 0.425. The van der Waals surface area contributed by atoms with Crippen LogP contribution in [0.4, 0.5) is 0 Å². The second-order valence-electron chi connectivity index (χ2n) is 13.8. The van der Waals surface area contributed by atoms with Gasteiger partial charge in [-0.2, -0.15) is 0 Å². The summed E-state index contributed by atoms with van der Waals surface area (Å²) in [5.41, 5.74) is 3.09. The fourth-order valence-corrected chi connectivity index (χ4v) is 6.64. The highest BCUT2D eigenvalue weighted by Gasteiger charge is 2.33. The zero-order valence-corrected chi connectivity index (χ0v) is 29.8. The van der Waals surface area contributed by atoms with E-state index in [1.165, 1.54) is 0 Å². The number of nitrogens with one attached hydrogen (secondary N) is 2. The van der Waals surface area contributed by atoms with Gasteiger partial charge in [0.25, 0.3) is 5.91 Å². The van der Waals surface area contributed by atoms with E-state index in [-0.39, 0.29) is 36.3 Å². The number of fused-ring (bicyclic) bond motifs is 1. The second-order valence-corrected chi connectivity index (χ2v) is 13.8. The molecule has 4 heterocycles. The van der Waals surface area contributed by atoms with E-state index in [1.54, 1.807) is 23.2 Å². The Kier molecular flexibility index (Phi) is 12.3. The Morgan fingerprint density at radius 3 is 2.62 bits per heavy atom. The number of ether oxygens (including phenoxy) is 2. The number of morpholine rings is 1. The molecule has 2 atom stereocenters. The number of furan rings is 1. The van der Waals surface area contributed by atoms with Crippen LogP contribution in [0.15, 0.2) is 77.3 Å². The molecule has 274 valence electrons. The maximum atomic E-state index is 13.5. The third-order valence-electron chi connectivity index (χ3n) is 9.39. The number of benzene rings is 2. The van der Waals surface area contributed by atoms with Crippen LogP contribution in [0, 0.1) is 11.8 Å². The summed E-state index contributed by atoms with van der Waals surface area (Å²) in [6.07, 6.45) is 2.39. The van der Waals surface area contributed by atoms with Gasteiger partial charge in [0.05, 0.1) is 37.8 Å². The normalized spacial score (nSPS) is 17.5. The lowest BCUT2D eigenvalue weighted by atomic mass is 9.98. The maximum Gasteiger partial charge on any atom is 0.288 e. The van der Waals surface area contributed by atoms with Crippen molar-refractivity contribution in [2.45, 2.75) is 45.7 Å². The smallest absolute Gasteiger partial charge is 0.288 e. The molecule has 2 aromatic carbocycles. The van der Waals surface area contributed by atoms with E-state index >= 15 is 0 Å². The minimum atomic E-state index is -0.926. The highest BCUT2D eigenvalue weighted by Crippen LogP contribution is 2.25. The molecule has 2 saturated heterocycles. The predicted octanol–water partition coefficient (Wildman–Crippen LogP) is 4.47. The van der Waals surface area contributed by atoms with Crippen molar-refractivity contribution in [3.05, 3.63) is 84.3 Å². The first-order valence-electron chi connectivity index (χ1n) is 18.1. The van der Waals surface area contributed by atoms with Crippen molar-refractivity contribution in [3.63, 3.8) is 0 Å². The molecule has 2 aliphatic heterocycles. The topological polar surface area (TPSA) is 143 Å². The molecule has 52 heavy (non-hydrogen) atoms. The second kappa shape index (κ2) is 17.4. The zero-order valence-electron chi connectivity index (χ0n) is 29.8. The number of hydrogen-bond donors (Lipinski definition) is 2. The molecule has 0 bridgehead atoms. The summed E-state index contributed by atoms with van der Waals surface area (Å²) in [5.74, 6) is -1.44. The van der Waals surface area contributed by atoms with E-state index in [1.807, 2.05) is 68.4 Å². The number of carbonyl (C=O) groups is 4. The average molecular weight is 710 g/mol. The van der Waals surface area contributed by atoms with Gasteiger partial charge < -0.3 is 29.4 Å². The number of aromatic nitrogens is 1. The van der Waals surface area contributed by atoms with Crippen LogP contribution in [0.2, 0.25) is 0 Å². The van der Waals surface area contributed by atoms with Gasteiger partial charge in [0.1, 0.15) is 24.1 Å². The lowest BCUT2D eigenvalue weighted by Gasteiger charge is -2.26. The standard InChI is InChI=1S/C40H47N5O7/c1-27(2)21-37(43-40(49)36-25-30-24-31(11-12-35(30)52-36)51-20-17-44-15-18-50-19-16-44)42-39(48)32-9-6-14-45(26-34(32)46)38(47)23-28-7-5-8-29(22-28)33-10-3-4-13-41-33/h3-5,7-8,10-13,22,24-25,27,32,37H,6,9,14-21,23,26H2,1-2H3,(H,42,48)(H,43,49)/t32-,37+/m1/s1. The Morgan fingerprint density at radius 2 is 1.83 bits per heavy atom. The van der Waals surface area contributed by atoms with Gasteiger partial charge in [-0.25, -0.2) is 0 Å². The van der Waals surface area contributed by atoms with Crippen LogP contribution in [-0.4, -0.2) is 97.0 Å². The summed E-state index contributed by atoms with van der Waals surface area (Å²) in [5, 5.41) is 6.52. The molecule has 0 radical (unpaired) electrons. The van der Waals surface area contributed by atoms with Crippen molar-refractivity contribution in [1.29, 1.82) is 0 Å². The first-order chi connectivity index (χ1) is 25.2. The first kappa shape index (κ1) is 36.7. The monoisotopic (exact) mass is 709 g/mol. The van der Waals surface area contributed by atoms with Crippen LogP contribution < -0.4 is 15.4 Å². The molecule has 0 unspecified atom stereocenters. The van der Waals surface area contributed by atoms with Crippen LogP contribution in [0.5, 0.6) is 5.75 Å². The third-order valence-corrected chi connectivity index (χ3v) is 9.39. The van der Waals surface area contributed by atoms with E-state index in [2.05, 4.69) is 20.5 Å². The lowest BCUT2D eigenvalue weighted by Crippen LogP contribution is -2.51. The van der Waals surface area contributed by atoms with Crippen molar-refractivity contribution in [3.8, 4) is 17.0 Å². The minimum Gasteiger partial charge on any atom is -0.492 e. The highest BCUT2D eigenvalue weighted by atomic mass is 16.5. The Balaban J connectivity index is 1.03. The van der Waals surface area contributed by atoms with Crippen molar-refractivity contribution >= 4 is 34.5 Å². The summed E-state index contributed by atoms with van der Waals surface area (Å²) in [6.45, 7) is 8.80. The lowest BCUT2D eigenvalue weighted by molar-refractivity contribution is -0.138. The molecule has 2 N–H and O–H groups in total. The van der Waals surface area contributed by atoms with Gasteiger partial charge in [-0.3, -0.25) is 29.1 Å². The van der Waals surface area contributed by atoms with E-state index in [0.29, 0.717) is 43.7 Å². The molecule has 2 aliphatic rings. The number of nitrogens with zero attached hydrogens (tertiary/aromatic N) is 3. The van der Waals surface area contributed by atoms with E-state index in [4.69, 9.17) is 13.9 Å². The number of hydrogen-bond acceptors (Lipinski definition) is 9. The molecule has 3 amide bonds. The molecule has 12 nitrogen and oxygen atoms in total. The van der Waals surface area contributed by atoms with Crippen LogP contribution in [0.25, 0.3) is 22.2 Å². The number of carbonyl (C=O) groups excluding carboxylic acids is 4. The zero-order chi connectivity index (χ0) is 36.5. The molecular formula is C40H47N5O7. The Bertz CT molecular complexity index is 1850. The van der Waals surface area contributed by atoms with Crippen LogP contribution in [0.3, 0.4) is 0 Å². The summed E-state index contributed by atoms with van der Waals surface area (Å²) in [4.78, 5) is 61.9. The fourth-order valence-electron chi connectivity index (χ4n) is 6.64. The largest absolute Gasteiger partial charge is 0.492 e. The summed E-state index contributed by atoms with van der Waals surface area (Å²) in [6, 6.07) is 20.4.